The summed E-state index contributed by atoms with van der Waals surface area (Å²) < 4.78 is 68.4. The molecule has 0 radical (unpaired) electrons. The zero-order valence-electron chi connectivity index (χ0n) is 62.8. The topological polar surface area (TPSA) is 237 Å². The number of hydrogen-bond acceptors (Lipinski definition) is 15. The number of hydrogen-bond donors (Lipinski definition) is 3. The first kappa shape index (κ1) is 95.7. The van der Waals surface area contributed by atoms with E-state index < -0.39 is 97.5 Å². The number of carbonyl (C=O) groups is 4. The lowest BCUT2D eigenvalue weighted by Crippen LogP contribution is -2.30. The second-order valence-corrected chi connectivity index (χ2v) is 28.9. The van der Waals surface area contributed by atoms with Crippen molar-refractivity contribution in [2.75, 3.05) is 39.6 Å². The van der Waals surface area contributed by atoms with E-state index in [1.807, 2.05) is 12.2 Å². The molecular weight excluding hydrogens is 1310 g/mol. The number of allylic oxidation sites excluding steroid dienone is 18. The minimum atomic E-state index is -4.99. The van der Waals surface area contributed by atoms with E-state index in [0.29, 0.717) is 32.1 Å². The Bertz CT molecular complexity index is 2320. The molecule has 2 unspecified atom stereocenters. The van der Waals surface area contributed by atoms with Crippen molar-refractivity contribution < 1.29 is 80.2 Å². The number of rotatable bonds is 73. The van der Waals surface area contributed by atoms with Crippen molar-refractivity contribution >= 4 is 39.5 Å². The smallest absolute Gasteiger partial charge is 0.462 e. The van der Waals surface area contributed by atoms with E-state index in [1.165, 1.54) is 89.9 Å². The number of unbranched alkanes of at least 4 members (excludes halogenated alkanes) is 30. The van der Waals surface area contributed by atoms with Crippen LogP contribution in [0.5, 0.6) is 0 Å². The van der Waals surface area contributed by atoms with Crippen LogP contribution in [0.4, 0.5) is 0 Å². The molecular formula is C81H140O17P2. The molecule has 5 atom stereocenters. The van der Waals surface area contributed by atoms with E-state index in [0.717, 1.165) is 148 Å². The molecule has 17 nitrogen and oxygen atoms in total. The maximum atomic E-state index is 13.1. The highest BCUT2D eigenvalue weighted by atomic mass is 31.2. The number of aliphatic hydroxyl groups excluding tert-OH is 1. The third kappa shape index (κ3) is 72.1. The monoisotopic (exact) mass is 1450 g/mol. The van der Waals surface area contributed by atoms with Gasteiger partial charge in [-0.2, -0.15) is 0 Å². The van der Waals surface area contributed by atoms with Gasteiger partial charge in [-0.3, -0.25) is 37.3 Å². The fourth-order valence-electron chi connectivity index (χ4n) is 10.2. The molecule has 0 aliphatic rings. The predicted octanol–water partition coefficient (Wildman–Crippen LogP) is 22.6. The highest BCUT2D eigenvalue weighted by Gasteiger charge is 2.30. The van der Waals surface area contributed by atoms with Crippen LogP contribution in [0.3, 0.4) is 0 Å². The predicted molar refractivity (Wildman–Crippen MR) is 408 cm³/mol. The normalized spacial score (nSPS) is 14.5. The Kier molecular flexibility index (Phi) is 69.9. The summed E-state index contributed by atoms with van der Waals surface area (Å²) in [5.41, 5.74) is 0. The Balaban J connectivity index is 5.43. The molecule has 0 aromatic heterocycles. The first-order chi connectivity index (χ1) is 48.7. The molecule has 0 amide bonds. The maximum absolute atomic E-state index is 13.1. The Labute approximate surface area is 607 Å². The van der Waals surface area contributed by atoms with Gasteiger partial charge in [0, 0.05) is 25.7 Å². The highest BCUT2D eigenvalue weighted by Crippen LogP contribution is 2.45. The molecule has 0 saturated carbocycles. The van der Waals surface area contributed by atoms with Gasteiger partial charge in [0.15, 0.2) is 12.2 Å². The van der Waals surface area contributed by atoms with Gasteiger partial charge in [-0.15, -0.1) is 0 Å². The van der Waals surface area contributed by atoms with Crippen LogP contribution in [0, 0.1) is 0 Å². The van der Waals surface area contributed by atoms with E-state index in [-0.39, 0.29) is 25.7 Å². The molecule has 0 fully saturated rings. The number of aliphatic hydroxyl groups is 1. The highest BCUT2D eigenvalue weighted by molar-refractivity contribution is 7.47. The number of phosphoric ester groups is 2. The summed E-state index contributed by atoms with van der Waals surface area (Å²) in [5.74, 6) is -2.28. The Morgan fingerprint density at radius 2 is 0.530 bits per heavy atom. The molecule has 0 aromatic carbocycles. The molecule has 0 spiro atoms. The van der Waals surface area contributed by atoms with Gasteiger partial charge < -0.3 is 33.8 Å². The van der Waals surface area contributed by atoms with Crippen LogP contribution < -0.4 is 0 Å². The molecule has 0 saturated heterocycles. The van der Waals surface area contributed by atoms with Crippen molar-refractivity contribution in [1.82, 2.24) is 0 Å². The molecule has 0 rings (SSSR count). The van der Waals surface area contributed by atoms with Gasteiger partial charge in [0.1, 0.15) is 19.3 Å². The van der Waals surface area contributed by atoms with Crippen LogP contribution in [0.2, 0.25) is 0 Å². The second-order valence-electron chi connectivity index (χ2n) is 26.0. The Morgan fingerprint density at radius 3 is 0.880 bits per heavy atom. The molecule has 576 valence electrons. The molecule has 0 heterocycles. The van der Waals surface area contributed by atoms with E-state index >= 15 is 0 Å². The largest absolute Gasteiger partial charge is 0.472 e. The van der Waals surface area contributed by atoms with E-state index in [4.69, 9.17) is 37.0 Å². The lowest BCUT2D eigenvalue weighted by molar-refractivity contribution is -0.161. The SMILES string of the molecule is CCCCC/C=C\C/C=C\C/C=C\C/C=C\CCCC(=O)O[C@H](COC(=O)CCCCCCC/C=C\CCCCCC)COP(=O)(O)OC[C@H](O)COP(=O)(O)OC[C@@H](COC(=O)CCCCCCC/C=C\C=C/CCCCCC)OC(=O)CCCCCCC/C=C\C/C=C\CCCCC. The summed E-state index contributed by atoms with van der Waals surface area (Å²) >= 11 is 0. The average Bonchev–Trinajstić information content (AvgIpc) is 1.13. The van der Waals surface area contributed by atoms with E-state index in [9.17, 15) is 43.2 Å². The summed E-state index contributed by atoms with van der Waals surface area (Å²) in [4.78, 5) is 72.9. The fourth-order valence-corrected chi connectivity index (χ4v) is 11.7. The van der Waals surface area contributed by atoms with Gasteiger partial charge in [-0.05, 0) is 148 Å². The minimum Gasteiger partial charge on any atom is -0.462 e. The quantitative estimate of drug-likeness (QED) is 0.0128. The van der Waals surface area contributed by atoms with Gasteiger partial charge in [-0.25, -0.2) is 9.13 Å². The summed E-state index contributed by atoms with van der Waals surface area (Å²) in [7, 11) is -9.98. The van der Waals surface area contributed by atoms with Crippen LogP contribution in [-0.2, 0) is 65.4 Å². The van der Waals surface area contributed by atoms with Crippen molar-refractivity contribution in [1.29, 1.82) is 0 Å². The van der Waals surface area contributed by atoms with Gasteiger partial charge in [-0.1, -0.05) is 259 Å². The molecule has 3 N–H and O–H groups in total. The summed E-state index contributed by atoms with van der Waals surface area (Å²) in [6.45, 7) is 4.69. The number of carbonyl (C=O) groups excluding carboxylic acids is 4. The minimum absolute atomic E-state index is 0.0164. The summed E-state index contributed by atoms with van der Waals surface area (Å²) in [5, 5.41) is 10.6. The molecule has 0 bridgehead atoms. The van der Waals surface area contributed by atoms with Crippen LogP contribution >= 0.6 is 15.6 Å². The van der Waals surface area contributed by atoms with Crippen molar-refractivity contribution in [3.05, 3.63) is 109 Å². The third-order valence-corrected chi connectivity index (χ3v) is 18.1. The first-order valence-electron chi connectivity index (χ1n) is 39.1. The van der Waals surface area contributed by atoms with Crippen LogP contribution in [0.15, 0.2) is 109 Å². The number of ether oxygens (including phenoxy) is 4. The van der Waals surface area contributed by atoms with Gasteiger partial charge in [0.25, 0.3) is 0 Å². The van der Waals surface area contributed by atoms with Crippen LogP contribution in [-0.4, -0.2) is 96.7 Å². The third-order valence-electron chi connectivity index (χ3n) is 16.2. The van der Waals surface area contributed by atoms with Crippen LogP contribution in [0.25, 0.3) is 0 Å². The molecule has 0 aliphatic heterocycles. The van der Waals surface area contributed by atoms with Gasteiger partial charge in [0.2, 0.25) is 0 Å². The number of phosphoric acid groups is 2. The molecule has 100 heavy (non-hydrogen) atoms. The molecule has 19 heteroatoms. The first-order valence-corrected chi connectivity index (χ1v) is 42.1. The van der Waals surface area contributed by atoms with Crippen molar-refractivity contribution in [3.63, 3.8) is 0 Å². The summed E-state index contributed by atoms with van der Waals surface area (Å²) in [6, 6.07) is 0. The van der Waals surface area contributed by atoms with Crippen molar-refractivity contribution in [2.24, 2.45) is 0 Å². The number of esters is 4. The zero-order chi connectivity index (χ0) is 73.2. The Hall–Kier alpha value is -4.28. The standard InChI is InChI=1S/C81H140O17P2/c1-5-9-13-17-21-25-29-33-36-37-40-44-48-52-56-60-64-68-81(86)98-76(71-91-78(83)65-61-57-53-49-45-41-32-28-24-20-16-12-8-4)73-95-99(87,88)93-69-75(82)70-94-100(89,90)96-74-77(97-80(85)67-63-59-55-51-47-43-39-35-31-27-23-19-15-11-7-3)72-92-79(84)66-62-58-54-50-46-42-38-34-30-26-22-18-14-10-6-2/h21,23,25-28,30,32-36,38-40,44,52,56,75-77,82H,5-20,22,24,29,31,37,41-43,45-51,53-55,57-74H2,1-4H3,(H,87,88)(H,89,90)/b25-21-,27-23-,30-26-,32-28-,36-33-,38-34-,39-35-,44-40-,56-52-/t75-,76+,77+/m0/s1. The fraction of sp³-hybridized carbons (Fsp3) is 0.728. The van der Waals surface area contributed by atoms with Gasteiger partial charge >= 0.3 is 39.5 Å². The average molecular weight is 1450 g/mol. The van der Waals surface area contributed by atoms with Gasteiger partial charge in [0.05, 0.1) is 26.4 Å². The van der Waals surface area contributed by atoms with Crippen LogP contribution in [0.1, 0.15) is 323 Å². The second kappa shape index (κ2) is 73.0. The maximum Gasteiger partial charge on any atom is 0.472 e. The van der Waals surface area contributed by atoms with Crippen molar-refractivity contribution in [2.45, 2.75) is 341 Å². The zero-order valence-corrected chi connectivity index (χ0v) is 64.6. The molecule has 0 aromatic rings. The lowest BCUT2D eigenvalue weighted by Gasteiger charge is -2.21. The summed E-state index contributed by atoms with van der Waals surface area (Å²) in [6.07, 6.45) is 77.9. The Morgan fingerprint density at radius 1 is 0.290 bits per heavy atom. The van der Waals surface area contributed by atoms with Crippen molar-refractivity contribution in [3.8, 4) is 0 Å². The molecule has 0 aliphatic carbocycles. The lowest BCUT2D eigenvalue weighted by atomic mass is 10.1. The van der Waals surface area contributed by atoms with E-state index in [1.54, 1.807) is 0 Å². The van der Waals surface area contributed by atoms with E-state index in [2.05, 4.69) is 125 Å².